The predicted molar refractivity (Wildman–Crippen MR) is 107 cm³/mol. The topological polar surface area (TPSA) is 89.5 Å². The lowest BCUT2D eigenvalue weighted by Gasteiger charge is -2.09. The average Bonchev–Trinajstić information content (AvgIpc) is 3.24. The van der Waals surface area contributed by atoms with E-state index in [1.807, 2.05) is 19.1 Å². The molecule has 1 aliphatic carbocycles. The molecule has 0 radical (unpaired) electrons. The van der Waals surface area contributed by atoms with Gasteiger partial charge in [-0.1, -0.05) is 32.0 Å². The van der Waals surface area contributed by atoms with Gasteiger partial charge >= 0.3 is 0 Å². The van der Waals surface area contributed by atoms with Gasteiger partial charge in [0.05, 0.1) is 11.6 Å². The van der Waals surface area contributed by atoms with Crippen molar-refractivity contribution in [3.8, 4) is 0 Å². The highest BCUT2D eigenvalue weighted by Gasteiger charge is 2.36. The Morgan fingerprint density at radius 2 is 2.07 bits per heavy atom. The van der Waals surface area contributed by atoms with E-state index in [0.29, 0.717) is 34.9 Å². The van der Waals surface area contributed by atoms with Crippen LogP contribution in [0.2, 0.25) is 0 Å². The number of hydrogen-bond acceptors (Lipinski definition) is 5. The molecule has 0 aliphatic heterocycles. The Bertz CT molecular complexity index is 1110. The minimum atomic E-state index is -0.472. The summed E-state index contributed by atoms with van der Waals surface area (Å²) in [7, 11) is 0. The summed E-state index contributed by atoms with van der Waals surface area (Å²) in [6, 6.07) is 10.8. The van der Waals surface area contributed by atoms with Gasteiger partial charge in [-0.3, -0.25) is 9.59 Å². The summed E-state index contributed by atoms with van der Waals surface area (Å²) in [5.41, 5.74) is 2.46. The monoisotopic (exact) mass is 378 g/mol. The van der Waals surface area contributed by atoms with Gasteiger partial charge in [-0.2, -0.15) is 10.2 Å². The van der Waals surface area contributed by atoms with E-state index < -0.39 is 5.91 Å². The van der Waals surface area contributed by atoms with Crippen LogP contribution in [0, 0.1) is 5.92 Å². The highest BCUT2D eigenvalue weighted by Crippen LogP contribution is 2.47. The van der Waals surface area contributed by atoms with E-state index in [9.17, 15) is 9.59 Å². The Hall–Kier alpha value is -3.22. The van der Waals surface area contributed by atoms with E-state index in [-0.39, 0.29) is 11.3 Å². The second-order valence-corrected chi connectivity index (χ2v) is 7.18. The van der Waals surface area contributed by atoms with Crippen LogP contribution in [0.3, 0.4) is 0 Å². The maximum atomic E-state index is 12.6. The first-order chi connectivity index (χ1) is 13.6. The average molecular weight is 378 g/mol. The summed E-state index contributed by atoms with van der Waals surface area (Å²) in [4.78, 5) is 25.2. The molecule has 0 saturated heterocycles. The quantitative estimate of drug-likeness (QED) is 0.526. The molecule has 1 amide bonds. The van der Waals surface area contributed by atoms with Crippen molar-refractivity contribution in [2.45, 2.75) is 39.2 Å². The molecule has 7 nitrogen and oxygen atoms in total. The molecule has 4 rings (SSSR count). The predicted octanol–water partition coefficient (Wildman–Crippen LogP) is 3.29. The Labute approximate surface area is 162 Å². The highest BCUT2D eigenvalue weighted by molar-refractivity contribution is 6.04. The molecule has 0 spiro atoms. The van der Waals surface area contributed by atoms with Gasteiger partial charge in [-0.05, 0) is 37.0 Å². The fourth-order valence-corrected chi connectivity index (χ4v) is 3.33. The number of hydrogen-bond donors (Lipinski definition) is 1. The van der Waals surface area contributed by atoms with Crippen LogP contribution in [0.25, 0.3) is 10.8 Å². The van der Waals surface area contributed by atoms with Gasteiger partial charge in [-0.25, -0.2) is 10.1 Å². The van der Waals surface area contributed by atoms with Crippen molar-refractivity contribution in [3.63, 3.8) is 0 Å². The normalized spacial score (nSPS) is 18.6. The minimum absolute atomic E-state index is 0.174. The number of rotatable bonds is 6. The van der Waals surface area contributed by atoms with Gasteiger partial charge in [0, 0.05) is 17.8 Å². The zero-order valence-corrected chi connectivity index (χ0v) is 15.9. The number of benzene rings is 1. The van der Waals surface area contributed by atoms with E-state index in [2.05, 4.69) is 22.5 Å². The number of nitrogens with one attached hydrogen (secondary N) is 1. The maximum Gasteiger partial charge on any atom is 0.292 e. The molecule has 28 heavy (non-hydrogen) atoms. The van der Waals surface area contributed by atoms with Crippen LogP contribution < -0.4 is 11.0 Å². The summed E-state index contributed by atoms with van der Waals surface area (Å²) in [6.07, 6.45) is 3.36. The molecular weight excluding hydrogens is 356 g/mol. The largest absolute Gasteiger partial charge is 0.460 e. The van der Waals surface area contributed by atoms with Crippen LogP contribution in [0.1, 0.15) is 54.6 Å². The molecule has 1 aliphatic rings. The third-order valence-corrected chi connectivity index (χ3v) is 5.00. The number of fused-ring (bicyclic) bond motifs is 1. The van der Waals surface area contributed by atoms with Gasteiger partial charge in [0.25, 0.3) is 11.5 Å². The number of hydrazone groups is 1. The summed E-state index contributed by atoms with van der Waals surface area (Å²) < 4.78 is 7.07. The van der Waals surface area contributed by atoms with Crippen LogP contribution in [0.4, 0.5) is 0 Å². The van der Waals surface area contributed by atoms with Crippen molar-refractivity contribution >= 4 is 22.9 Å². The first-order valence-electron chi connectivity index (χ1n) is 9.51. The molecule has 3 aromatic rings. The van der Waals surface area contributed by atoms with Crippen molar-refractivity contribution < 1.29 is 9.21 Å². The van der Waals surface area contributed by atoms with Gasteiger partial charge in [0.15, 0.2) is 5.69 Å². The lowest BCUT2D eigenvalue weighted by molar-refractivity contribution is 0.0949. The van der Waals surface area contributed by atoms with E-state index in [1.54, 1.807) is 24.3 Å². The Kier molecular flexibility index (Phi) is 4.81. The van der Waals surface area contributed by atoms with E-state index in [1.165, 1.54) is 10.9 Å². The Morgan fingerprint density at radius 3 is 2.79 bits per heavy atom. The van der Waals surface area contributed by atoms with E-state index in [0.717, 1.165) is 18.6 Å². The standard InChI is InChI=1S/C21H22N4O3/c1-3-10-25-21(27)16-7-5-4-6-15(16)19(24-25)20(26)23-22-12-14-8-9-18(28-14)17-11-13(17)2/h4-9,12-13,17H,3,10-11H2,1-2H3,(H,23,26)/b22-12-/t13-,17-/m0/s1. The number of aryl methyl sites for hydroxylation is 1. The highest BCUT2D eigenvalue weighted by atomic mass is 16.3. The van der Waals surface area contributed by atoms with Gasteiger partial charge in [-0.15, -0.1) is 0 Å². The molecule has 1 aromatic carbocycles. The van der Waals surface area contributed by atoms with Crippen LogP contribution in [0.15, 0.2) is 50.7 Å². The summed E-state index contributed by atoms with van der Waals surface area (Å²) in [5, 5.41) is 9.22. The second-order valence-electron chi connectivity index (χ2n) is 7.18. The molecule has 1 fully saturated rings. The first-order valence-corrected chi connectivity index (χ1v) is 9.51. The van der Waals surface area contributed by atoms with Crippen LogP contribution in [-0.2, 0) is 6.54 Å². The zero-order valence-electron chi connectivity index (χ0n) is 15.9. The van der Waals surface area contributed by atoms with Crippen molar-refractivity contribution in [1.29, 1.82) is 0 Å². The van der Waals surface area contributed by atoms with E-state index >= 15 is 0 Å². The third kappa shape index (κ3) is 3.47. The summed E-state index contributed by atoms with van der Waals surface area (Å²) in [5.74, 6) is 2.23. The molecule has 0 unspecified atom stereocenters. The number of nitrogens with zero attached hydrogens (tertiary/aromatic N) is 3. The van der Waals surface area contributed by atoms with Crippen molar-refractivity contribution in [3.05, 3.63) is 64.0 Å². The van der Waals surface area contributed by atoms with Gasteiger partial charge in [0.1, 0.15) is 11.5 Å². The molecule has 2 atom stereocenters. The van der Waals surface area contributed by atoms with Crippen LogP contribution in [-0.4, -0.2) is 21.9 Å². The van der Waals surface area contributed by atoms with Crippen molar-refractivity contribution in [1.82, 2.24) is 15.2 Å². The number of aromatic nitrogens is 2. The third-order valence-electron chi connectivity index (χ3n) is 5.00. The summed E-state index contributed by atoms with van der Waals surface area (Å²) in [6.45, 7) is 4.59. The zero-order chi connectivity index (χ0) is 19.7. The maximum absolute atomic E-state index is 12.6. The molecule has 144 valence electrons. The molecular formula is C21H22N4O3. The van der Waals surface area contributed by atoms with Crippen LogP contribution in [0.5, 0.6) is 0 Å². The number of furan rings is 1. The van der Waals surface area contributed by atoms with Crippen LogP contribution >= 0.6 is 0 Å². The number of amides is 1. The Balaban J connectivity index is 1.56. The smallest absolute Gasteiger partial charge is 0.292 e. The number of carbonyl (C=O) groups excluding carboxylic acids is 1. The van der Waals surface area contributed by atoms with Gasteiger partial charge in [0.2, 0.25) is 0 Å². The molecule has 1 saturated carbocycles. The lowest BCUT2D eigenvalue weighted by Crippen LogP contribution is -2.29. The SMILES string of the molecule is CCCn1nc(C(=O)N/N=C\c2ccc([C@H]3C[C@@H]3C)o2)c2ccccc2c1=O. The minimum Gasteiger partial charge on any atom is -0.460 e. The lowest BCUT2D eigenvalue weighted by atomic mass is 10.1. The van der Waals surface area contributed by atoms with E-state index in [4.69, 9.17) is 4.42 Å². The second kappa shape index (κ2) is 7.42. The summed E-state index contributed by atoms with van der Waals surface area (Å²) >= 11 is 0. The molecule has 2 aromatic heterocycles. The van der Waals surface area contributed by atoms with Crippen molar-refractivity contribution in [2.75, 3.05) is 0 Å². The Morgan fingerprint density at radius 1 is 1.32 bits per heavy atom. The fourth-order valence-electron chi connectivity index (χ4n) is 3.33. The molecule has 7 heteroatoms. The molecule has 2 heterocycles. The van der Waals surface area contributed by atoms with Crippen molar-refractivity contribution in [2.24, 2.45) is 11.0 Å². The molecule has 0 bridgehead atoms. The first kappa shape index (κ1) is 18.2. The van der Waals surface area contributed by atoms with Gasteiger partial charge < -0.3 is 4.42 Å². The number of carbonyl (C=O) groups is 1. The molecule has 1 N–H and O–H groups in total. The fraction of sp³-hybridized carbons (Fsp3) is 0.333.